The molecule has 162 valence electrons. The summed E-state index contributed by atoms with van der Waals surface area (Å²) < 4.78 is 42.3. The van der Waals surface area contributed by atoms with Crippen LogP contribution in [-0.2, 0) is 26.7 Å². The van der Waals surface area contributed by atoms with Gasteiger partial charge >= 0.3 is 0 Å². The van der Waals surface area contributed by atoms with Crippen LogP contribution in [0.2, 0.25) is 0 Å². The van der Waals surface area contributed by atoms with Crippen molar-refractivity contribution < 1.29 is 18.3 Å². The summed E-state index contributed by atoms with van der Waals surface area (Å²) in [7, 11) is 3.55. The van der Waals surface area contributed by atoms with Gasteiger partial charge in [-0.2, -0.15) is 5.10 Å². The van der Waals surface area contributed by atoms with E-state index >= 15 is 0 Å². The maximum Gasteiger partial charge on any atom is 0.146 e. The number of nitrogens with zero attached hydrogens (tertiary/aromatic N) is 3. The van der Waals surface area contributed by atoms with Gasteiger partial charge in [-0.25, -0.2) is 18.4 Å². The molecule has 0 saturated carbocycles. The van der Waals surface area contributed by atoms with Crippen LogP contribution in [0, 0.1) is 17.6 Å². The first-order valence-electron chi connectivity index (χ1n) is 9.82. The first kappa shape index (κ1) is 22.2. The summed E-state index contributed by atoms with van der Waals surface area (Å²) in [6.07, 6.45) is 7.49. The zero-order valence-electron chi connectivity index (χ0n) is 16.8. The average Bonchev–Trinajstić information content (AvgIpc) is 3.43. The Hall–Kier alpha value is -2.04. The maximum atomic E-state index is 14.7. The van der Waals surface area contributed by atoms with Gasteiger partial charge in [0.15, 0.2) is 0 Å². The van der Waals surface area contributed by atoms with E-state index in [1.165, 1.54) is 18.5 Å². The summed E-state index contributed by atoms with van der Waals surface area (Å²) in [4.78, 5) is 3.97. The third-order valence-electron chi connectivity index (χ3n) is 5.48. The first-order chi connectivity index (χ1) is 14.9. The quantitative estimate of drug-likeness (QED) is 0.462. The Kier molecular flexibility index (Phi) is 6.59. The van der Waals surface area contributed by atoms with E-state index in [9.17, 15) is 8.78 Å². The van der Waals surface area contributed by atoms with Gasteiger partial charge in [0.05, 0.1) is 19.8 Å². The molecule has 0 radical (unpaired) electrons. The van der Waals surface area contributed by atoms with Gasteiger partial charge in [-0.3, -0.25) is 0 Å². The molecule has 1 saturated heterocycles. The van der Waals surface area contributed by atoms with Crippen molar-refractivity contribution in [1.82, 2.24) is 14.8 Å². The Bertz CT molecular complexity index is 1040. The van der Waals surface area contributed by atoms with Gasteiger partial charge in [0.2, 0.25) is 0 Å². The molecule has 4 rings (SSSR count). The Morgan fingerprint density at radius 3 is 2.77 bits per heavy atom. The standard InChI is InChI=1S/C22H23F2N3O2P2/c1-31-22(30,17-5-3-2-4-6-17)29-12-16-10-21(28-11-16,13-27-15-25-14-26-27)19-8-7-18(23)9-20(19)24/h2-9,14-16H,1,10-13,30H2/t16-,21-,22?/m0/s1. The van der Waals surface area contributed by atoms with Crippen LogP contribution in [0.5, 0.6) is 0 Å². The summed E-state index contributed by atoms with van der Waals surface area (Å²) in [6.45, 7) is 1.06. The average molecular weight is 461 g/mol. The lowest BCUT2D eigenvalue weighted by atomic mass is 9.87. The molecule has 1 aromatic heterocycles. The van der Waals surface area contributed by atoms with E-state index in [1.807, 2.05) is 30.3 Å². The number of benzene rings is 2. The minimum atomic E-state index is -0.988. The van der Waals surface area contributed by atoms with Gasteiger partial charge in [0, 0.05) is 17.5 Å². The van der Waals surface area contributed by atoms with Crippen LogP contribution in [-0.4, -0.2) is 34.3 Å². The highest BCUT2D eigenvalue weighted by molar-refractivity contribution is 7.49. The summed E-state index contributed by atoms with van der Waals surface area (Å²) in [5, 5.41) is 3.51. The molecule has 0 aliphatic carbocycles. The Labute approximate surface area is 183 Å². The summed E-state index contributed by atoms with van der Waals surface area (Å²) in [5.74, 6) is -1.25. The molecule has 5 nitrogen and oxygen atoms in total. The molecule has 4 atom stereocenters. The largest absolute Gasteiger partial charge is 0.368 e. The van der Waals surface area contributed by atoms with E-state index in [4.69, 9.17) is 9.47 Å². The van der Waals surface area contributed by atoms with Crippen LogP contribution in [0.15, 0.2) is 61.2 Å². The molecule has 1 aliphatic heterocycles. The first-order valence-corrected chi connectivity index (χ1v) is 11.5. The maximum absolute atomic E-state index is 14.7. The van der Waals surface area contributed by atoms with Crippen LogP contribution in [0.3, 0.4) is 0 Å². The van der Waals surface area contributed by atoms with Crippen molar-refractivity contribution in [3.63, 3.8) is 0 Å². The lowest BCUT2D eigenvalue weighted by Crippen LogP contribution is -2.33. The highest BCUT2D eigenvalue weighted by Gasteiger charge is 2.45. The minimum Gasteiger partial charge on any atom is -0.368 e. The second kappa shape index (κ2) is 9.22. The SMILES string of the molecule is C=PC(P)(OC[C@@H]1CO[C@@](Cn2cncn2)(c2ccc(F)cc2F)C1)c1ccccc1. The van der Waals surface area contributed by atoms with E-state index in [0.717, 1.165) is 19.8 Å². The van der Waals surface area contributed by atoms with Gasteiger partial charge in [-0.1, -0.05) is 60.1 Å². The zero-order valence-corrected chi connectivity index (χ0v) is 18.9. The van der Waals surface area contributed by atoms with Crippen molar-refractivity contribution in [2.24, 2.45) is 5.92 Å². The normalized spacial score (nSPS) is 23.1. The minimum absolute atomic E-state index is 0.0124. The number of aromatic nitrogens is 3. The predicted octanol–water partition coefficient (Wildman–Crippen LogP) is 4.57. The van der Waals surface area contributed by atoms with Crippen LogP contribution < -0.4 is 0 Å². The zero-order chi connectivity index (χ0) is 21.9. The molecule has 1 aliphatic rings. The Morgan fingerprint density at radius 2 is 2.10 bits per heavy atom. The lowest BCUT2D eigenvalue weighted by Gasteiger charge is -2.30. The summed E-state index contributed by atoms with van der Waals surface area (Å²) in [5.41, 5.74) is 0.328. The second-order valence-corrected chi connectivity index (χ2v) is 9.90. The number of rotatable bonds is 8. The topological polar surface area (TPSA) is 49.2 Å². The van der Waals surface area contributed by atoms with Crippen molar-refractivity contribution in [2.75, 3.05) is 13.2 Å². The number of ether oxygens (including phenoxy) is 2. The summed E-state index contributed by atoms with van der Waals surface area (Å²) in [6, 6.07) is 13.5. The highest BCUT2D eigenvalue weighted by atomic mass is 31.1. The molecule has 0 amide bonds. The van der Waals surface area contributed by atoms with Crippen LogP contribution in [0.1, 0.15) is 17.5 Å². The highest BCUT2D eigenvalue weighted by Crippen LogP contribution is 2.46. The van der Waals surface area contributed by atoms with Crippen molar-refractivity contribution in [1.29, 1.82) is 0 Å². The molecule has 9 heteroatoms. The number of hydrogen-bond acceptors (Lipinski definition) is 4. The van der Waals surface area contributed by atoms with Crippen LogP contribution in [0.4, 0.5) is 8.78 Å². The van der Waals surface area contributed by atoms with Crippen LogP contribution in [0.25, 0.3) is 0 Å². The van der Waals surface area contributed by atoms with Gasteiger partial charge < -0.3 is 9.47 Å². The van der Waals surface area contributed by atoms with Gasteiger partial charge in [-0.05, 0) is 18.1 Å². The van der Waals surface area contributed by atoms with Gasteiger partial charge in [0.1, 0.15) is 35.0 Å². The molecular formula is C22H23F2N3O2P2. The molecular weight excluding hydrogens is 438 g/mol. The second-order valence-electron chi connectivity index (χ2n) is 7.62. The van der Waals surface area contributed by atoms with Crippen molar-refractivity contribution in [2.45, 2.75) is 23.6 Å². The molecule has 0 spiro atoms. The fourth-order valence-electron chi connectivity index (χ4n) is 3.93. The Morgan fingerprint density at radius 1 is 1.29 bits per heavy atom. The monoisotopic (exact) mass is 461 g/mol. The van der Waals surface area contributed by atoms with Crippen molar-refractivity contribution in [3.05, 3.63) is 83.9 Å². The van der Waals surface area contributed by atoms with Gasteiger partial charge in [0.25, 0.3) is 0 Å². The number of halogens is 2. The molecule has 31 heavy (non-hydrogen) atoms. The molecule has 3 aromatic rings. The smallest absolute Gasteiger partial charge is 0.146 e. The van der Waals surface area contributed by atoms with E-state index in [2.05, 4.69) is 25.6 Å². The molecule has 0 bridgehead atoms. The fraction of sp³-hybridized carbons (Fsp3) is 0.318. The van der Waals surface area contributed by atoms with E-state index in [0.29, 0.717) is 25.2 Å². The van der Waals surface area contributed by atoms with Crippen LogP contribution >= 0.6 is 17.4 Å². The van der Waals surface area contributed by atoms with Crippen molar-refractivity contribution >= 4 is 23.7 Å². The Balaban J connectivity index is 1.55. The lowest BCUT2D eigenvalue weighted by molar-refractivity contribution is -0.0216. The van der Waals surface area contributed by atoms with Gasteiger partial charge in [-0.15, -0.1) is 0 Å². The number of hydrogen-bond donors (Lipinski definition) is 0. The van der Waals surface area contributed by atoms with Crippen molar-refractivity contribution in [3.8, 4) is 0 Å². The molecule has 2 unspecified atom stereocenters. The predicted molar refractivity (Wildman–Crippen MR) is 120 cm³/mol. The van der Waals surface area contributed by atoms with E-state index in [-0.39, 0.29) is 12.5 Å². The summed E-state index contributed by atoms with van der Waals surface area (Å²) >= 11 is 0. The molecule has 2 heterocycles. The third kappa shape index (κ3) is 4.75. The third-order valence-corrected chi connectivity index (χ3v) is 7.39. The molecule has 2 aromatic carbocycles. The fourth-order valence-corrected chi connectivity index (χ4v) is 4.71. The van der Waals surface area contributed by atoms with E-state index < -0.39 is 22.3 Å². The van der Waals surface area contributed by atoms with E-state index in [1.54, 1.807) is 11.0 Å². The molecule has 0 N–H and O–H groups in total. The molecule has 1 fully saturated rings.